The molecule has 0 spiro atoms. The highest BCUT2D eigenvalue weighted by Gasteiger charge is 2.30. The van der Waals surface area contributed by atoms with Crippen molar-refractivity contribution in [3.8, 4) is 22.8 Å². The van der Waals surface area contributed by atoms with Crippen LogP contribution >= 0.6 is 0 Å². The molecule has 10 heteroatoms. The molecule has 3 atom stereocenters. The summed E-state index contributed by atoms with van der Waals surface area (Å²) in [7, 11) is 2.93. The largest absolute Gasteiger partial charge is 0.497 e. The number of fused-ring (bicyclic) bond motifs is 1. The lowest BCUT2D eigenvalue weighted by Crippen LogP contribution is -2.29. The van der Waals surface area contributed by atoms with Crippen LogP contribution in [0.15, 0.2) is 43.1 Å². The predicted molar refractivity (Wildman–Crippen MR) is 147 cm³/mol. The van der Waals surface area contributed by atoms with Crippen molar-refractivity contribution in [2.45, 2.75) is 31.4 Å². The first-order valence-corrected chi connectivity index (χ1v) is 13.1. The first-order chi connectivity index (χ1) is 19.0. The number of anilines is 2. The van der Waals surface area contributed by atoms with Gasteiger partial charge in [0.2, 0.25) is 0 Å². The molecule has 0 saturated carbocycles. The summed E-state index contributed by atoms with van der Waals surface area (Å²) in [6.07, 6.45) is 5.51. The van der Waals surface area contributed by atoms with E-state index in [9.17, 15) is 4.79 Å². The average Bonchev–Trinajstić information content (AvgIpc) is 3.64. The standard InChI is InChI=1S/C29H33FN4O5/c1-4-19(35)8-18-15-38-16-25(18)33-27-12-22-17(13-31-27)9-24(34-29(22)32-14-20-6-5-7-39-20)23-10-21(36-2)11-26(37-3)28(23)30/h4,9-13,18,20,25H,1,5-8,14-16H2,2-3H3,(H,31,33)(H,32,34)/t18-,20?,25+/m0/s1. The molecule has 2 saturated heterocycles. The van der Waals surface area contributed by atoms with E-state index in [1.807, 2.05) is 6.07 Å². The number of carbonyl (C=O) groups excluding carboxylic acids is 1. The van der Waals surface area contributed by atoms with Gasteiger partial charge in [0.1, 0.15) is 17.4 Å². The van der Waals surface area contributed by atoms with Gasteiger partial charge in [-0.3, -0.25) is 4.79 Å². The lowest BCUT2D eigenvalue weighted by molar-refractivity contribution is -0.115. The highest BCUT2D eigenvalue weighted by atomic mass is 19.1. The van der Waals surface area contributed by atoms with Crippen LogP contribution in [0.1, 0.15) is 19.3 Å². The number of hydrogen-bond donors (Lipinski definition) is 2. The van der Waals surface area contributed by atoms with Gasteiger partial charge in [-0.15, -0.1) is 0 Å². The molecule has 2 aromatic heterocycles. The number of hydrogen-bond acceptors (Lipinski definition) is 9. The molecule has 2 fully saturated rings. The normalized spacial score (nSPS) is 20.6. The van der Waals surface area contributed by atoms with E-state index in [2.05, 4.69) is 22.2 Å². The third-order valence-electron chi connectivity index (χ3n) is 7.20. The van der Waals surface area contributed by atoms with Crippen LogP contribution in [0.2, 0.25) is 0 Å². The fourth-order valence-corrected chi connectivity index (χ4v) is 5.03. The molecule has 206 valence electrons. The number of carbonyl (C=O) groups is 1. The Morgan fingerprint density at radius 3 is 2.85 bits per heavy atom. The van der Waals surface area contributed by atoms with E-state index in [0.717, 1.165) is 30.2 Å². The zero-order valence-corrected chi connectivity index (χ0v) is 22.2. The molecule has 0 bridgehead atoms. The smallest absolute Gasteiger partial charge is 0.174 e. The Bertz CT molecular complexity index is 1360. The second-order valence-electron chi connectivity index (χ2n) is 9.78. The number of aromatic nitrogens is 2. The Morgan fingerprint density at radius 1 is 1.23 bits per heavy atom. The number of benzene rings is 1. The van der Waals surface area contributed by atoms with Crippen LogP contribution in [0, 0.1) is 11.7 Å². The summed E-state index contributed by atoms with van der Waals surface area (Å²) in [5.41, 5.74) is 0.676. The fraction of sp³-hybridized carbons (Fsp3) is 0.414. The average molecular weight is 537 g/mol. The quantitative estimate of drug-likeness (QED) is 0.340. The SMILES string of the molecule is C=CC(=O)C[C@H]1COC[C@H]1Nc1cc2c(NCC3CCCO3)nc(-c3cc(OC)cc(OC)c3F)cc2cn1. The van der Waals surface area contributed by atoms with Crippen molar-refractivity contribution < 1.29 is 28.1 Å². The maximum Gasteiger partial charge on any atom is 0.174 e. The first-order valence-electron chi connectivity index (χ1n) is 13.1. The van der Waals surface area contributed by atoms with E-state index in [-0.39, 0.29) is 35.2 Å². The van der Waals surface area contributed by atoms with Gasteiger partial charge in [-0.25, -0.2) is 14.4 Å². The lowest BCUT2D eigenvalue weighted by Gasteiger charge is -2.20. The Kier molecular flexibility index (Phi) is 8.23. The molecule has 2 aliphatic heterocycles. The first kappa shape index (κ1) is 26.8. The van der Waals surface area contributed by atoms with Gasteiger partial charge in [0, 0.05) is 54.1 Å². The summed E-state index contributed by atoms with van der Waals surface area (Å²) in [5, 5.41) is 8.45. The Hall–Kier alpha value is -3.76. The molecule has 1 aromatic carbocycles. The molecular weight excluding hydrogens is 503 g/mol. The van der Waals surface area contributed by atoms with E-state index in [1.165, 1.54) is 26.4 Å². The molecule has 5 rings (SSSR count). The van der Waals surface area contributed by atoms with Crippen molar-refractivity contribution in [1.29, 1.82) is 0 Å². The summed E-state index contributed by atoms with van der Waals surface area (Å²) < 4.78 is 37.4. The van der Waals surface area contributed by atoms with Crippen LogP contribution in [0.3, 0.4) is 0 Å². The van der Waals surface area contributed by atoms with Crippen LogP contribution in [-0.4, -0.2) is 68.5 Å². The summed E-state index contributed by atoms with van der Waals surface area (Å²) in [6.45, 7) is 5.87. The number of methoxy groups -OCH3 is 2. The minimum Gasteiger partial charge on any atom is -0.497 e. The predicted octanol–water partition coefficient (Wildman–Crippen LogP) is 4.62. The maximum absolute atomic E-state index is 15.4. The number of nitrogens with zero attached hydrogens (tertiary/aromatic N) is 2. The molecule has 9 nitrogen and oxygen atoms in total. The second-order valence-corrected chi connectivity index (χ2v) is 9.78. The van der Waals surface area contributed by atoms with Crippen molar-refractivity contribution >= 4 is 28.2 Å². The highest BCUT2D eigenvalue weighted by molar-refractivity contribution is 5.96. The molecule has 4 heterocycles. The van der Waals surface area contributed by atoms with Gasteiger partial charge in [0.05, 0.1) is 45.3 Å². The fourth-order valence-electron chi connectivity index (χ4n) is 5.03. The minimum absolute atomic E-state index is 0.0116. The van der Waals surface area contributed by atoms with Crippen LogP contribution in [0.4, 0.5) is 16.0 Å². The monoisotopic (exact) mass is 536 g/mol. The summed E-state index contributed by atoms with van der Waals surface area (Å²) in [4.78, 5) is 21.4. The van der Waals surface area contributed by atoms with Crippen LogP contribution in [-0.2, 0) is 14.3 Å². The molecule has 39 heavy (non-hydrogen) atoms. The maximum atomic E-state index is 15.4. The topological polar surface area (TPSA) is 104 Å². The summed E-state index contributed by atoms with van der Waals surface area (Å²) >= 11 is 0. The third-order valence-corrected chi connectivity index (χ3v) is 7.20. The third kappa shape index (κ3) is 5.97. The molecule has 0 amide bonds. The number of nitrogens with one attached hydrogen (secondary N) is 2. The van der Waals surface area contributed by atoms with Gasteiger partial charge < -0.3 is 29.6 Å². The summed E-state index contributed by atoms with van der Waals surface area (Å²) in [5.74, 6) is 1.24. The zero-order chi connectivity index (χ0) is 27.4. The number of rotatable bonds is 11. The van der Waals surface area contributed by atoms with E-state index in [0.29, 0.717) is 49.3 Å². The molecule has 1 unspecified atom stereocenters. The molecular formula is C29H33FN4O5. The molecule has 2 aliphatic rings. The van der Waals surface area contributed by atoms with Crippen LogP contribution in [0.25, 0.3) is 22.0 Å². The number of ether oxygens (including phenoxy) is 4. The van der Waals surface area contributed by atoms with E-state index < -0.39 is 5.82 Å². The van der Waals surface area contributed by atoms with Gasteiger partial charge in [-0.05, 0) is 37.1 Å². The van der Waals surface area contributed by atoms with Gasteiger partial charge >= 0.3 is 0 Å². The van der Waals surface area contributed by atoms with Crippen LogP contribution < -0.4 is 20.1 Å². The molecule has 3 aromatic rings. The lowest BCUT2D eigenvalue weighted by atomic mass is 9.97. The zero-order valence-electron chi connectivity index (χ0n) is 22.2. The van der Waals surface area contributed by atoms with Gasteiger partial charge in [-0.1, -0.05) is 6.58 Å². The summed E-state index contributed by atoms with van der Waals surface area (Å²) in [6, 6.07) is 6.75. The van der Waals surface area contributed by atoms with Gasteiger partial charge in [0.15, 0.2) is 17.3 Å². The van der Waals surface area contributed by atoms with Crippen LogP contribution in [0.5, 0.6) is 11.5 Å². The van der Waals surface area contributed by atoms with Crippen molar-refractivity contribution in [3.05, 3.63) is 48.9 Å². The highest BCUT2D eigenvalue weighted by Crippen LogP contribution is 2.36. The number of halogens is 1. The minimum atomic E-state index is -0.525. The number of ketones is 1. The Balaban J connectivity index is 1.51. The van der Waals surface area contributed by atoms with E-state index >= 15 is 4.39 Å². The van der Waals surface area contributed by atoms with Crippen molar-refractivity contribution in [1.82, 2.24) is 9.97 Å². The Labute approximate surface area is 226 Å². The molecule has 2 N–H and O–H groups in total. The number of pyridine rings is 2. The van der Waals surface area contributed by atoms with Crippen molar-refractivity contribution in [2.75, 3.05) is 51.2 Å². The van der Waals surface area contributed by atoms with Crippen molar-refractivity contribution in [3.63, 3.8) is 0 Å². The van der Waals surface area contributed by atoms with Crippen molar-refractivity contribution in [2.24, 2.45) is 5.92 Å². The Morgan fingerprint density at radius 2 is 2.10 bits per heavy atom. The van der Waals surface area contributed by atoms with Gasteiger partial charge in [-0.2, -0.15) is 0 Å². The van der Waals surface area contributed by atoms with Gasteiger partial charge in [0.25, 0.3) is 0 Å². The molecule has 0 radical (unpaired) electrons. The second kappa shape index (κ2) is 12.0. The van der Waals surface area contributed by atoms with E-state index in [4.69, 9.17) is 23.9 Å². The van der Waals surface area contributed by atoms with E-state index in [1.54, 1.807) is 18.3 Å². The molecule has 0 aliphatic carbocycles. The number of allylic oxidation sites excluding steroid dienone is 1.